The van der Waals surface area contributed by atoms with Gasteiger partial charge in [0.05, 0.1) is 6.61 Å². The lowest BCUT2D eigenvalue weighted by molar-refractivity contribution is -0.00490. The van der Waals surface area contributed by atoms with Gasteiger partial charge < -0.3 is 19.7 Å². The standard InChI is InChI=1S/C17H15NO5/c19-9-13(20)16(22)15(21)10-5-7-11(8-6-10)17-18-12-3-1-2-4-14(12)23-17/h1-8,13,16,19-20,22H,9H2. The molecule has 0 fully saturated rings. The summed E-state index contributed by atoms with van der Waals surface area (Å²) in [6.07, 6.45) is -3.16. The maximum Gasteiger partial charge on any atom is 0.227 e. The Labute approximate surface area is 131 Å². The minimum Gasteiger partial charge on any atom is -0.436 e. The molecule has 2 atom stereocenters. The fraction of sp³-hybridized carbons (Fsp3) is 0.176. The summed E-state index contributed by atoms with van der Waals surface area (Å²) in [7, 11) is 0. The Morgan fingerprint density at radius 3 is 2.43 bits per heavy atom. The normalized spacial score (nSPS) is 13.9. The fourth-order valence-corrected chi connectivity index (χ4v) is 2.22. The van der Waals surface area contributed by atoms with Crippen molar-refractivity contribution in [2.24, 2.45) is 0 Å². The fourth-order valence-electron chi connectivity index (χ4n) is 2.22. The number of ketones is 1. The number of carbonyl (C=O) groups is 1. The second kappa shape index (κ2) is 6.29. The van der Waals surface area contributed by atoms with Crippen LogP contribution in [0.4, 0.5) is 0 Å². The molecule has 23 heavy (non-hydrogen) atoms. The maximum atomic E-state index is 12.0. The quantitative estimate of drug-likeness (QED) is 0.615. The van der Waals surface area contributed by atoms with Gasteiger partial charge in [-0.25, -0.2) is 4.98 Å². The lowest BCUT2D eigenvalue weighted by Gasteiger charge is -2.14. The van der Waals surface area contributed by atoms with Crippen molar-refractivity contribution in [1.82, 2.24) is 4.98 Å². The molecule has 1 aromatic heterocycles. The van der Waals surface area contributed by atoms with Gasteiger partial charge in [0, 0.05) is 11.1 Å². The minimum absolute atomic E-state index is 0.227. The van der Waals surface area contributed by atoms with Gasteiger partial charge in [0.2, 0.25) is 5.89 Å². The van der Waals surface area contributed by atoms with Crippen molar-refractivity contribution in [3.63, 3.8) is 0 Å². The third kappa shape index (κ3) is 3.00. The number of Topliss-reactive ketones (excluding diaryl/α,β-unsaturated/α-hetero) is 1. The largest absolute Gasteiger partial charge is 0.436 e. The van der Waals surface area contributed by atoms with Crippen LogP contribution in [0.2, 0.25) is 0 Å². The van der Waals surface area contributed by atoms with Crippen LogP contribution in [0.25, 0.3) is 22.6 Å². The summed E-state index contributed by atoms with van der Waals surface area (Å²) in [6, 6.07) is 13.7. The molecule has 2 unspecified atom stereocenters. The van der Waals surface area contributed by atoms with Crippen LogP contribution < -0.4 is 0 Å². The molecule has 2 aromatic carbocycles. The van der Waals surface area contributed by atoms with Gasteiger partial charge >= 0.3 is 0 Å². The number of hydrogen-bond acceptors (Lipinski definition) is 6. The van der Waals surface area contributed by atoms with E-state index in [1.165, 1.54) is 12.1 Å². The Balaban J connectivity index is 1.85. The van der Waals surface area contributed by atoms with E-state index in [0.29, 0.717) is 17.0 Å². The summed E-state index contributed by atoms with van der Waals surface area (Å²) in [5, 5.41) is 27.7. The van der Waals surface area contributed by atoms with Gasteiger partial charge in [-0.3, -0.25) is 4.79 Å². The Bertz CT molecular complexity index is 791. The summed E-state index contributed by atoms with van der Waals surface area (Å²) in [4.78, 5) is 16.3. The molecule has 0 aliphatic heterocycles. The summed E-state index contributed by atoms with van der Waals surface area (Å²) in [6.45, 7) is -0.687. The number of benzene rings is 2. The van der Waals surface area contributed by atoms with E-state index in [9.17, 15) is 15.0 Å². The van der Waals surface area contributed by atoms with Crippen molar-refractivity contribution < 1.29 is 24.5 Å². The number of nitrogens with zero attached hydrogens (tertiary/aromatic N) is 1. The number of fused-ring (bicyclic) bond motifs is 1. The van der Waals surface area contributed by atoms with Gasteiger partial charge in [-0.1, -0.05) is 24.3 Å². The molecule has 0 saturated carbocycles. The first kappa shape index (κ1) is 15.4. The zero-order chi connectivity index (χ0) is 16.4. The van der Waals surface area contributed by atoms with Crippen LogP contribution in [0, 0.1) is 0 Å². The molecule has 0 amide bonds. The average molecular weight is 313 g/mol. The number of para-hydroxylation sites is 2. The van der Waals surface area contributed by atoms with E-state index in [2.05, 4.69) is 4.98 Å². The Morgan fingerprint density at radius 2 is 1.78 bits per heavy atom. The molecule has 0 bridgehead atoms. The first-order chi connectivity index (χ1) is 11.1. The number of hydrogen-bond donors (Lipinski definition) is 3. The van der Waals surface area contributed by atoms with Crippen molar-refractivity contribution >= 4 is 16.9 Å². The third-order valence-corrected chi connectivity index (χ3v) is 3.53. The van der Waals surface area contributed by atoms with Gasteiger partial charge in [-0.15, -0.1) is 0 Å². The lowest BCUT2D eigenvalue weighted by atomic mass is 10.0. The van der Waals surface area contributed by atoms with E-state index in [-0.39, 0.29) is 5.56 Å². The molecular weight excluding hydrogens is 298 g/mol. The molecule has 1 heterocycles. The first-order valence-corrected chi connectivity index (χ1v) is 7.07. The topological polar surface area (TPSA) is 104 Å². The molecule has 6 heteroatoms. The van der Waals surface area contributed by atoms with E-state index in [4.69, 9.17) is 9.52 Å². The molecule has 6 nitrogen and oxygen atoms in total. The Kier molecular flexibility index (Phi) is 4.20. The zero-order valence-corrected chi connectivity index (χ0v) is 12.1. The predicted octanol–water partition coefficient (Wildman–Crippen LogP) is 1.39. The molecule has 3 N–H and O–H groups in total. The van der Waals surface area contributed by atoms with E-state index in [0.717, 1.165) is 5.52 Å². The SMILES string of the molecule is O=C(c1ccc(-c2nc3ccccc3o2)cc1)C(O)C(O)CO. The van der Waals surface area contributed by atoms with Crippen LogP contribution >= 0.6 is 0 Å². The molecule has 118 valence electrons. The first-order valence-electron chi connectivity index (χ1n) is 7.07. The van der Waals surface area contributed by atoms with Crippen LogP contribution in [0.1, 0.15) is 10.4 Å². The van der Waals surface area contributed by atoms with E-state index >= 15 is 0 Å². The van der Waals surface area contributed by atoms with Gasteiger partial charge in [0.1, 0.15) is 17.7 Å². The number of aromatic nitrogens is 1. The molecule has 3 rings (SSSR count). The van der Waals surface area contributed by atoms with Crippen molar-refractivity contribution in [3.05, 3.63) is 54.1 Å². The van der Waals surface area contributed by atoms with Crippen LogP contribution in [0.3, 0.4) is 0 Å². The van der Waals surface area contributed by atoms with Crippen LogP contribution in [0.15, 0.2) is 52.9 Å². The van der Waals surface area contributed by atoms with Gasteiger partial charge in [0.15, 0.2) is 11.4 Å². The second-order valence-corrected chi connectivity index (χ2v) is 5.12. The smallest absolute Gasteiger partial charge is 0.227 e. The van der Waals surface area contributed by atoms with E-state index in [1.807, 2.05) is 24.3 Å². The van der Waals surface area contributed by atoms with Gasteiger partial charge in [0.25, 0.3) is 0 Å². The molecule has 0 spiro atoms. The highest BCUT2D eigenvalue weighted by Gasteiger charge is 2.24. The van der Waals surface area contributed by atoms with Gasteiger partial charge in [-0.2, -0.15) is 0 Å². The Hall–Kier alpha value is -2.54. The number of aliphatic hydroxyl groups is 3. The summed E-state index contributed by atoms with van der Waals surface area (Å²) < 4.78 is 5.64. The molecule has 0 radical (unpaired) electrons. The summed E-state index contributed by atoms with van der Waals surface area (Å²) >= 11 is 0. The van der Waals surface area contributed by atoms with Gasteiger partial charge in [-0.05, 0) is 24.3 Å². The highest BCUT2D eigenvalue weighted by molar-refractivity contribution is 6.00. The maximum absolute atomic E-state index is 12.0. The van der Waals surface area contributed by atoms with Crippen molar-refractivity contribution in [2.75, 3.05) is 6.61 Å². The van der Waals surface area contributed by atoms with Crippen molar-refractivity contribution in [1.29, 1.82) is 0 Å². The number of rotatable bonds is 5. The molecule has 0 aliphatic rings. The lowest BCUT2D eigenvalue weighted by Crippen LogP contribution is -2.36. The molecule has 3 aromatic rings. The number of carbonyl (C=O) groups excluding carboxylic acids is 1. The minimum atomic E-state index is -1.66. The third-order valence-electron chi connectivity index (χ3n) is 3.53. The highest BCUT2D eigenvalue weighted by atomic mass is 16.4. The van der Waals surface area contributed by atoms with E-state index < -0.39 is 24.6 Å². The average Bonchev–Trinajstić information content (AvgIpc) is 3.04. The van der Waals surface area contributed by atoms with Crippen molar-refractivity contribution in [2.45, 2.75) is 12.2 Å². The Morgan fingerprint density at radius 1 is 1.09 bits per heavy atom. The monoisotopic (exact) mass is 313 g/mol. The summed E-state index contributed by atoms with van der Waals surface area (Å²) in [5.74, 6) is -0.225. The van der Waals surface area contributed by atoms with Crippen LogP contribution in [-0.2, 0) is 0 Å². The number of oxazole rings is 1. The molecule has 0 saturated heterocycles. The number of aliphatic hydroxyl groups excluding tert-OH is 3. The molecular formula is C17H15NO5. The van der Waals surface area contributed by atoms with Crippen LogP contribution in [0.5, 0.6) is 0 Å². The zero-order valence-electron chi connectivity index (χ0n) is 12.1. The van der Waals surface area contributed by atoms with Crippen LogP contribution in [-0.4, -0.2) is 44.9 Å². The predicted molar refractivity (Wildman–Crippen MR) is 82.9 cm³/mol. The summed E-state index contributed by atoms with van der Waals surface area (Å²) in [5.41, 5.74) is 2.33. The molecule has 0 aliphatic carbocycles. The highest BCUT2D eigenvalue weighted by Crippen LogP contribution is 2.24. The van der Waals surface area contributed by atoms with E-state index in [1.54, 1.807) is 12.1 Å². The second-order valence-electron chi connectivity index (χ2n) is 5.12. The van der Waals surface area contributed by atoms with Crippen molar-refractivity contribution in [3.8, 4) is 11.5 Å².